The van der Waals surface area contributed by atoms with Crippen LogP contribution in [0.2, 0.25) is 0 Å². The van der Waals surface area contributed by atoms with Gasteiger partial charge in [-0.2, -0.15) is 24.9 Å². The van der Waals surface area contributed by atoms with E-state index < -0.39 is 34.5 Å². The van der Waals surface area contributed by atoms with Gasteiger partial charge in [0.2, 0.25) is 0 Å². The first kappa shape index (κ1) is 26.7. The molecule has 2 aromatic rings. The Morgan fingerprint density at radius 2 is 2.00 bits per heavy atom. The minimum atomic E-state index is -3.01. The molecule has 0 aliphatic carbocycles. The lowest BCUT2D eigenvalue weighted by Gasteiger charge is -2.27. The largest absolute Gasteiger partial charge is 0.435 e. The predicted octanol–water partition coefficient (Wildman–Crippen LogP) is 4.64. The predicted molar refractivity (Wildman–Crippen MR) is 136 cm³/mol. The molecule has 3 aliphatic heterocycles. The fourth-order valence-electron chi connectivity index (χ4n) is 3.96. The van der Waals surface area contributed by atoms with Gasteiger partial charge in [-0.1, -0.05) is 6.07 Å². The maximum Gasteiger partial charge on any atom is 0.387 e. The number of benzene rings is 2. The number of anilines is 2. The van der Waals surface area contributed by atoms with Crippen LogP contribution in [0.15, 0.2) is 42.5 Å². The zero-order chi connectivity index (χ0) is 25.9. The molecule has 12 heteroatoms. The Balaban J connectivity index is 0.000000543. The van der Waals surface area contributed by atoms with E-state index in [4.69, 9.17) is 9.22 Å². The first-order chi connectivity index (χ1) is 17.1. The lowest BCUT2D eigenvalue weighted by molar-refractivity contribution is -0.173. The molecule has 2 aromatic carbocycles. The van der Waals surface area contributed by atoms with Crippen molar-refractivity contribution in [3.63, 3.8) is 0 Å². The molecule has 5 rings (SSSR count). The molecule has 36 heavy (non-hydrogen) atoms. The number of carbonyl (C=O) groups excluding carboxylic acids is 2. The van der Waals surface area contributed by atoms with E-state index in [9.17, 15) is 23.5 Å². The number of alkyl halides is 2. The molecule has 0 saturated carbocycles. The summed E-state index contributed by atoms with van der Waals surface area (Å²) in [5.41, 5.74) is -0.899. The Labute approximate surface area is 213 Å². The highest BCUT2D eigenvalue weighted by Gasteiger charge is 2.47. The quantitative estimate of drug-likeness (QED) is 0.531. The van der Waals surface area contributed by atoms with Gasteiger partial charge >= 0.3 is 6.61 Å². The summed E-state index contributed by atoms with van der Waals surface area (Å²) in [4.78, 5) is 31.8. The molecule has 0 bridgehead atoms. The highest BCUT2D eigenvalue weighted by atomic mass is 32.3. The SMILES string of the molecule is C1CCSC1.CC1(O)C(=O)N(c2cccc(OC(F)F)c2)c2ccc(C(=O)NS3(C)CCOO3)cc21. The lowest BCUT2D eigenvalue weighted by atomic mass is 9.96. The fraction of sp³-hybridized carbons (Fsp3) is 0.417. The third-order valence-electron chi connectivity index (χ3n) is 5.84. The number of hydrogen-bond acceptors (Lipinski definition) is 7. The Kier molecular flexibility index (Phi) is 8.10. The summed E-state index contributed by atoms with van der Waals surface area (Å²) in [5.74, 6) is 2.14. The van der Waals surface area contributed by atoms with Gasteiger partial charge in [-0.25, -0.2) is 4.89 Å². The monoisotopic (exact) mass is 542 g/mol. The van der Waals surface area contributed by atoms with Crippen LogP contribution >= 0.6 is 22.3 Å². The van der Waals surface area contributed by atoms with E-state index in [-0.39, 0.29) is 22.6 Å². The average Bonchev–Trinajstić information content (AvgIpc) is 3.57. The molecule has 3 heterocycles. The molecule has 8 nitrogen and oxygen atoms in total. The van der Waals surface area contributed by atoms with Gasteiger partial charge < -0.3 is 9.84 Å². The van der Waals surface area contributed by atoms with Crippen LogP contribution in [0.1, 0.15) is 35.7 Å². The number of carbonyl (C=O) groups is 2. The van der Waals surface area contributed by atoms with Crippen molar-refractivity contribution in [1.82, 2.24) is 4.72 Å². The van der Waals surface area contributed by atoms with Crippen LogP contribution in [0, 0.1) is 0 Å². The third-order valence-corrected chi connectivity index (χ3v) is 8.95. The van der Waals surface area contributed by atoms with E-state index >= 15 is 0 Å². The highest BCUT2D eigenvalue weighted by molar-refractivity contribution is 8.28. The minimum Gasteiger partial charge on any atom is -0.435 e. The first-order valence-corrected chi connectivity index (χ1v) is 14.6. The third kappa shape index (κ3) is 5.78. The van der Waals surface area contributed by atoms with E-state index in [1.165, 1.54) is 78.6 Å². The van der Waals surface area contributed by atoms with Gasteiger partial charge in [-0.3, -0.25) is 19.2 Å². The van der Waals surface area contributed by atoms with Crippen molar-refractivity contribution in [1.29, 1.82) is 0 Å². The fourth-order valence-corrected chi connectivity index (χ4v) is 6.36. The maximum atomic E-state index is 13.0. The number of nitrogens with one attached hydrogen (secondary N) is 1. The zero-order valence-electron chi connectivity index (χ0n) is 19.9. The van der Waals surface area contributed by atoms with Crippen LogP contribution in [0.3, 0.4) is 0 Å². The molecule has 2 saturated heterocycles. The van der Waals surface area contributed by atoms with E-state index in [0.29, 0.717) is 18.0 Å². The number of ether oxygens (including phenoxy) is 1. The molecule has 2 unspecified atom stereocenters. The minimum absolute atomic E-state index is 0.126. The number of rotatable bonds is 5. The van der Waals surface area contributed by atoms with E-state index in [2.05, 4.69) is 21.2 Å². The molecule has 0 radical (unpaired) electrons. The number of aliphatic hydroxyl groups is 1. The van der Waals surface area contributed by atoms with Crippen molar-refractivity contribution < 1.29 is 37.4 Å². The van der Waals surface area contributed by atoms with Crippen molar-refractivity contribution >= 4 is 45.4 Å². The summed E-state index contributed by atoms with van der Waals surface area (Å²) in [6.07, 6.45) is 4.68. The molecule has 3 aliphatic rings. The number of nitrogens with zero attached hydrogens (tertiary/aromatic N) is 1. The van der Waals surface area contributed by atoms with Gasteiger partial charge in [0.1, 0.15) is 5.75 Å². The summed E-state index contributed by atoms with van der Waals surface area (Å²) in [6.45, 7) is -1.32. The molecule has 2 amide bonds. The summed E-state index contributed by atoms with van der Waals surface area (Å²) in [5, 5.41) is 10.9. The lowest BCUT2D eigenvalue weighted by Crippen LogP contribution is -2.35. The highest BCUT2D eigenvalue weighted by Crippen LogP contribution is 2.47. The summed E-state index contributed by atoms with van der Waals surface area (Å²) < 4.78 is 37.5. The van der Waals surface area contributed by atoms with Crippen molar-refractivity contribution in [3.8, 4) is 5.75 Å². The van der Waals surface area contributed by atoms with Crippen molar-refractivity contribution in [2.24, 2.45) is 0 Å². The number of hydrogen-bond donors (Lipinski definition) is 2. The molecule has 2 atom stereocenters. The van der Waals surface area contributed by atoms with Gasteiger partial charge in [0.15, 0.2) is 5.60 Å². The van der Waals surface area contributed by atoms with Crippen molar-refractivity contribution in [2.75, 3.05) is 35.0 Å². The average molecular weight is 543 g/mol. The summed E-state index contributed by atoms with van der Waals surface area (Å²) >= 11 is 2.07. The Bertz CT molecular complexity index is 1120. The molecular weight excluding hydrogens is 514 g/mol. The van der Waals surface area contributed by atoms with E-state index in [1.54, 1.807) is 6.26 Å². The van der Waals surface area contributed by atoms with Crippen LogP contribution in [0.4, 0.5) is 20.2 Å². The zero-order valence-corrected chi connectivity index (χ0v) is 21.5. The van der Waals surface area contributed by atoms with Crippen LogP contribution in [-0.2, 0) is 19.6 Å². The van der Waals surface area contributed by atoms with E-state index in [0.717, 1.165) is 0 Å². The van der Waals surface area contributed by atoms with Gasteiger partial charge in [0.25, 0.3) is 11.8 Å². The van der Waals surface area contributed by atoms with Crippen LogP contribution in [0.5, 0.6) is 5.75 Å². The van der Waals surface area contributed by atoms with Gasteiger partial charge in [-0.15, -0.1) is 0 Å². The second kappa shape index (κ2) is 10.9. The van der Waals surface area contributed by atoms with Gasteiger partial charge in [0.05, 0.1) is 18.0 Å². The Hall–Kier alpha value is -2.38. The van der Waals surface area contributed by atoms with Crippen LogP contribution in [-0.4, -0.2) is 53.7 Å². The molecule has 0 aromatic heterocycles. The van der Waals surface area contributed by atoms with Crippen molar-refractivity contribution in [3.05, 3.63) is 53.6 Å². The topological polar surface area (TPSA) is 97.3 Å². The summed E-state index contributed by atoms with van der Waals surface area (Å²) in [7, 11) is -1.91. The number of thioether (sulfide) groups is 1. The molecule has 0 spiro atoms. The standard InChI is InChI=1S/C20H20F2N2O6S.C4H8S/c1-20(27)15-10-12(17(25)23-31(2)9-8-28-30-31)6-7-16(15)24(18(20)26)13-4-3-5-14(11-13)29-19(21)22;1-2-4-5-3-1/h3-7,10-11,19,27H,8-9H2,1-2H3,(H,23,25);1-4H2. The van der Waals surface area contributed by atoms with Gasteiger partial charge in [-0.05, 0) is 72.1 Å². The summed E-state index contributed by atoms with van der Waals surface area (Å²) in [6, 6.07) is 10.1. The van der Waals surface area contributed by atoms with Crippen LogP contribution < -0.4 is 14.4 Å². The number of amides is 2. The molecule has 2 N–H and O–H groups in total. The first-order valence-electron chi connectivity index (χ1n) is 11.3. The number of halogens is 2. The van der Waals surface area contributed by atoms with E-state index in [1.807, 2.05) is 0 Å². The molecule has 196 valence electrons. The molecular formula is C24H28F2N2O6S2. The second-order valence-corrected chi connectivity index (χ2v) is 12.7. The van der Waals surface area contributed by atoms with Crippen molar-refractivity contribution in [2.45, 2.75) is 32.0 Å². The smallest absolute Gasteiger partial charge is 0.387 e. The van der Waals surface area contributed by atoms with Gasteiger partial charge in [0, 0.05) is 29.2 Å². The maximum absolute atomic E-state index is 13.0. The van der Waals surface area contributed by atoms with Crippen LogP contribution in [0.25, 0.3) is 0 Å². The number of fused-ring (bicyclic) bond motifs is 1. The molecule has 2 fully saturated rings. The Morgan fingerprint density at radius 3 is 2.61 bits per heavy atom. The Morgan fingerprint density at radius 1 is 1.25 bits per heavy atom. The second-order valence-electron chi connectivity index (χ2n) is 8.67. The normalized spacial score (nSPS) is 26.7.